The molecule has 2 aromatic heterocycles. The number of halogens is 4. The van der Waals surface area contributed by atoms with Gasteiger partial charge in [-0.25, -0.2) is 4.98 Å². The van der Waals surface area contributed by atoms with E-state index in [0.717, 1.165) is 68.5 Å². The van der Waals surface area contributed by atoms with Crippen LogP contribution in [0.4, 0.5) is 18.9 Å². The zero-order valence-corrected chi connectivity index (χ0v) is 23.9. The van der Waals surface area contributed by atoms with Crippen LogP contribution in [0.15, 0.2) is 48.7 Å². The molecule has 218 valence electrons. The highest BCUT2D eigenvalue weighted by Crippen LogP contribution is 2.45. The van der Waals surface area contributed by atoms with Crippen LogP contribution in [0.5, 0.6) is 5.88 Å². The summed E-state index contributed by atoms with van der Waals surface area (Å²) in [4.78, 5) is 14.0. The third-order valence-electron chi connectivity index (χ3n) is 8.74. The number of ether oxygens (including phenoxy) is 1. The van der Waals surface area contributed by atoms with Crippen molar-refractivity contribution >= 4 is 17.3 Å². The number of anilines is 1. The maximum atomic E-state index is 13.9. The van der Waals surface area contributed by atoms with Gasteiger partial charge in [-0.3, -0.25) is 9.88 Å². The molecule has 3 aromatic rings. The lowest BCUT2D eigenvalue weighted by Crippen LogP contribution is -2.54. The van der Waals surface area contributed by atoms with Gasteiger partial charge in [-0.15, -0.1) is 0 Å². The SMILES string of the molecule is CCOc1ncccc1-c1ccc2c(n1)CN(C[C@@H]1CCCN1)CC21CCN(c2ccc(Cl)cc2C(F)(F)F)CC1. The Labute approximate surface area is 243 Å². The molecule has 2 saturated heterocycles. The lowest BCUT2D eigenvalue weighted by molar-refractivity contribution is -0.137. The number of hydrogen-bond donors (Lipinski definition) is 1. The smallest absolute Gasteiger partial charge is 0.418 e. The first kappa shape index (κ1) is 28.2. The van der Waals surface area contributed by atoms with Gasteiger partial charge in [-0.1, -0.05) is 17.7 Å². The van der Waals surface area contributed by atoms with Crippen LogP contribution in [-0.4, -0.2) is 60.2 Å². The van der Waals surface area contributed by atoms with E-state index in [0.29, 0.717) is 31.6 Å². The third kappa shape index (κ3) is 5.76. The molecule has 41 heavy (non-hydrogen) atoms. The maximum absolute atomic E-state index is 13.9. The molecule has 1 atom stereocenters. The van der Waals surface area contributed by atoms with Gasteiger partial charge in [0.05, 0.1) is 29.1 Å². The van der Waals surface area contributed by atoms with Crippen LogP contribution in [-0.2, 0) is 18.1 Å². The van der Waals surface area contributed by atoms with Gasteiger partial charge in [0.1, 0.15) is 0 Å². The molecule has 3 aliphatic heterocycles. The fraction of sp³-hybridized carbons (Fsp3) is 0.484. The fourth-order valence-electron chi connectivity index (χ4n) is 6.84. The Morgan fingerprint density at radius 3 is 2.71 bits per heavy atom. The number of nitrogens with zero attached hydrogens (tertiary/aromatic N) is 4. The Kier molecular flexibility index (Phi) is 7.87. The number of fused-ring (bicyclic) bond motifs is 2. The van der Waals surface area contributed by atoms with Crippen molar-refractivity contribution in [1.29, 1.82) is 0 Å². The molecule has 10 heteroatoms. The lowest BCUT2D eigenvalue weighted by Gasteiger charge is -2.49. The molecular formula is C31H35ClF3N5O. The molecule has 0 unspecified atom stereocenters. The molecule has 0 radical (unpaired) electrons. The first-order valence-corrected chi connectivity index (χ1v) is 14.8. The molecule has 2 fully saturated rings. The van der Waals surface area contributed by atoms with Crippen molar-refractivity contribution < 1.29 is 17.9 Å². The maximum Gasteiger partial charge on any atom is 0.418 e. The summed E-state index contributed by atoms with van der Waals surface area (Å²) in [6, 6.07) is 12.6. The number of nitrogens with one attached hydrogen (secondary N) is 1. The van der Waals surface area contributed by atoms with Crippen molar-refractivity contribution in [2.75, 3.05) is 44.2 Å². The number of alkyl halides is 3. The summed E-state index contributed by atoms with van der Waals surface area (Å²) in [6.07, 6.45) is 1.07. The van der Waals surface area contributed by atoms with Crippen LogP contribution in [0.3, 0.4) is 0 Å². The molecule has 1 spiro atoms. The van der Waals surface area contributed by atoms with E-state index in [1.165, 1.54) is 18.1 Å². The van der Waals surface area contributed by atoms with Crippen molar-refractivity contribution in [1.82, 2.24) is 20.2 Å². The fourth-order valence-corrected chi connectivity index (χ4v) is 7.01. The van der Waals surface area contributed by atoms with Crippen LogP contribution in [0.1, 0.15) is 49.4 Å². The molecule has 5 heterocycles. The van der Waals surface area contributed by atoms with Gasteiger partial charge in [-0.2, -0.15) is 13.2 Å². The Hall–Kier alpha value is -2.88. The van der Waals surface area contributed by atoms with E-state index in [9.17, 15) is 13.2 Å². The standard InChI is InChI=1S/C31H35ClF3N5O/c1-2-41-29-23(6-4-14-37-29)26-9-8-24-27(38-26)19-39(18-22-5-3-13-36-22)20-30(24)11-15-40(16-12-30)28-10-7-21(32)17-25(28)31(33,34)35/h4,6-10,14,17,22,36H,2-3,5,11-13,15-16,18-20H2,1H3/t22-/m0/s1. The minimum atomic E-state index is -4.47. The second-order valence-electron chi connectivity index (χ2n) is 11.4. The molecule has 3 aliphatic rings. The summed E-state index contributed by atoms with van der Waals surface area (Å²) in [5.74, 6) is 0.566. The summed E-state index contributed by atoms with van der Waals surface area (Å²) in [6.45, 7) is 7.09. The number of piperidine rings is 1. The van der Waals surface area contributed by atoms with E-state index in [-0.39, 0.29) is 16.1 Å². The average Bonchev–Trinajstić information content (AvgIpc) is 3.46. The van der Waals surface area contributed by atoms with Crippen molar-refractivity contribution in [3.05, 3.63) is 70.5 Å². The van der Waals surface area contributed by atoms with E-state index in [4.69, 9.17) is 21.3 Å². The van der Waals surface area contributed by atoms with Crippen molar-refractivity contribution in [2.45, 2.75) is 56.8 Å². The Morgan fingerprint density at radius 2 is 1.98 bits per heavy atom. The van der Waals surface area contributed by atoms with Gasteiger partial charge >= 0.3 is 6.18 Å². The van der Waals surface area contributed by atoms with E-state index in [2.05, 4.69) is 21.3 Å². The highest BCUT2D eigenvalue weighted by molar-refractivity contribution is 6.30. The predicted molar refractivity (Wildman–Crippen MR) is 155 cm³/mol. The Bertz CT molecular complexity index is 1390. The van der Waals surface area contributed by atoms with E-state index in [1.807, 2.05) is 30.0 Å². The molecule has 0 aliphatic carbocycles. The van der Waals surface area contributed by atoms with Crippen LogP contribution in [0.2, 0.25) is 5.02 Å². The van der Waals surface area contributed by atoms with Gasteiger partial charge in [0.2, 0.25) is 5.88 Å². The van der Waals surface area contributed by atoms with Gasteiger partial charge in [0, 0.05) is 61.1 Å². The predicted octanol–water partition coefficient (Wildman–Crippen LogP) is 6.32. The van der Waals surface area contributed by atoms with Crippen molar-refractivity contribution in [3.8, 4) is 17.1 Å². The van der Waals surface area contributed by atoms with Crippen molar-refractivity contribution in [2.24, 2.45) is 0 Å². The monoisotopic (exact) mass is 585 g/mol. The summed E-state index contributed by atoms with van der Waals surface area (Å²) < 4.78 is 47.5. The molecule has 1 N–H and O–H groups in total. The summed E-state index contributed by atoms with van der Waals surface area (Å²) in [5.41, 5.74) is 3.28. The van der Waals surface area contributed by atoms with Gasteiger partial charge in [0.15, 0.2) is 0 Å². The average molecular weight is 586 g/mol. The topological polar surface area (TPSA) is 53.5 Å². The summed E-state index contributed by atoms with van der Waals surface area (Å²) in [7, 11) is 0. The second-order valence-corrected chi connectivity index (χ2v) is 11.8. The van der Waals surface area contributed by atoms with Gasteiger partial charge in [-0.05, 0) is 81.1 Å². The molecule has 0 bridgehead atoms. The molecular weight excluding hydrogens is 551 g/mol. The molecule has 6 nitrogen and oxygen atoms in total. The largest absolute Gasteiger partial charge is 0.477 e. The van der Waals surface area contributed by atoms with E-state index in [1.54, 1.807) is 12.3 Å². The molecule has 0 saturated carbocycles. The second kappa shape index (κ2) is 11.4. The zero-order chi connectivity index (χ0) is 28.6. The highest BCUT2D eigenvalue weighted by atomic mass is 35.5. The normalized spacial score (nSPS) is 20.8. The third-order valence-corrected chi connectivity index (χ3v) is 8.97. The number of rotatable bonds is 6. The van der Waals surface area contributed by atoms with Crippen LogP contribution in [0, 0.1) is 0 Å². The van der Waals surface area contributed by atoms with Crippen LogP contribution in [0.25, 0.3) is 11.3 Å². The summed E-state index contributed by atoms with van der Waals surface area (Å²) >= 11 is 5.96. The van der Waals surface area contributed by atoms with E-state index < -0.39 is 11.7 Å². The minimum absolute atomic E-state index is 0.0925. The van der Waals surface area contributed by atoms with Gasteiger partial charge in [0.25, 0.3) is 0 Å². The number of hydrogen-bond acceptors (Lipinski definition) is 6. The lowest BCUT2D eigenvalue weighted by atomic mass is 9.69. The van der Waals surface area contributed by atoms with Crippen LogP contribution < -0.4 is 15.0 Å². The quantitative estimate of drug-likeness (QED) is 0.365. The molecule has 1 aromatic carbocycles. The number of pyridine rings is 2. The first-order valence-electron chi connectivity index (χ1n) is 14.4. The van der Waals surface area contributed by atoms with Crippen LogP contribution >= 0.6 is 11.6 Å². The molecule has 0 amide bonds. The first-order chi connectivity index (χ1) is 19.8. The highest BCUT2D eigenvalue weighted by Gasteiger charge is 2.44. The molecule has 6 rings (SSSR count). The number of aromatic nitrogens is 2. The minimum Gasteiger partial charge on any atom is -0.477 e. The van der Waals surface area contributed by atoms with Crippen molar-refractivity contribution in [3.63, 3.8) is 0 Å². The Morgan fingerprint density at radius 1 is 1.15 bits per heavy atom. The van der Waals surface area contributed by atoms with E-state index >= 15 is 0 Å². The van der Waals surface area contributed by atoms with Gasteiger partial charge < -0.3 is 15.0 Å². The zero-order valence-electron chi connectivity index (χ0n) is 23.2. The Balaban J connectivity index is 1.32. The summed E-state index contributed by atoms with van der Waals surface area (Å²) in [5, 5.41) is 3.71. The number of benzene rings is 1.